The molecular formula is C16H30N4. The number of nitrogens with one attached hydrogen (secondary N) is 1. The van der Waals surface area contributed by atoms with E-state index in [0.717, 1.165) is 31.3 Å². The molecule has 20 heavy (non-hydrogen) atoms. The summed E-state index contributed by atoms with van der Waals surface area (Å²) in [4.78, 5) is 11.6. The summed E-state index contributed by atoms with van der Waals surface area (Å²) in [5, 5.41) is 3.33. The zero-order valence-electron chi connectivity index (χ0n) is 13.7. The van der Waals surface area contributed by atoms with E-state index < -0.39 is 0 Å². The number of aromatic nitrogens is 2. The van der Waals surface area contributed by atoms with Gasteiger partial charge in [0, 0.05) is 36.6 Å². The molecule has 0 bridgehead atoms. The average Bonchev–Trinajstić information content (AvgIpc) is 2.42. The van der Waals surface area contributed by atoms with Crippen LogP contribution in [0.2, 0.25) is 0 Å². The van der Waals surface area contributed by atoms with Gasteiger partial charge >= 0.3 is 0 Å². The topological polar surface area (TPSA) is 41.1 Å². The predicted molar refractivity (Wildman–Crippen MR) is 86.2 cm³/mol. The van der Waals surface area contributed by atoms with Crippen LogP contribution in [0.3, 0.4) is 0 Å². The Labute approximate surface area is 124 Å². The molecule has 114 valence electrons. The summed E-state index contributed by atoms with van der Waals surface area (Å²) in [6.45, 7) is 13.7. The molecule has 0 atom stereocenters. The molecule has 1 N–H and O–H groups in total. The van der Waals surface area contributed by atoms with E-state index in [1.807, 2.05) is 6.20 Å². The van der Waals surface area contributed by atoms with E-state index in [-0.39, 0.29) is 0 Å². The first-order chi connectivity index (χ1) is 9.60. The molecule has 4 nitrogen and oxygen atoms in total. The lowest BCUT2D eigenvalue weighted by molar-refractivity contribution is 0.610. The molecule has 0 saturated heterocycles. The summed E-state index contributed by atoms with van der Waals surface area (Å²) in [7, 11) is 0. The zero-order chi connectivity index (χ0) is 15.0. The van der Waals surface area contributed by atoms with Crippen molar-refractivity contribution in [2.24, 2.45) is 0 Å². The Morgan fingerprint density at radius 1 is 1.25 bits per heavy atom. The lowest BCUT2D eigenvalue weighted by Crippen LogP contribution is -2.33. The van der Waals surface area contributed by atoms with Gasteiger partial charge in [-0.15, -0.1) is 0 Å². The SMILES string of the molecule is CCCCCN(c1ncc(CNCC)c(C)n1)C(C)C. The van der Waals surface area contributed by atoms with Crippen molar-refractivity contribution in [2.45, 2.75) is 66.5 Å². The number of hydrogen-bond donors (Lipinski definition) is 1. The molecule has 0 unspecified atom stereocenters. The second-order valence-electron chi connectivity index (χ2n) is 5.56. The Bertz CT molecular complexity index is 390. The van der Waals surface area contributed by atoms with Crippen LogP contribution in [0.5, 0.6) is 0 Å². The molecule has 1 heterocycles. The van der Waals surface area contributed by atoms with Crippen molar-refractivity contribution in [3.63, 3.8) is 0 Å². The van der Waals surface area contributed by atoms with Gasteiger partial charge in [-0.25, -0.2) is 9.97 Å². The minimum atomic E-state index is 0.436. The fourth-order valence-electron chi connectivity index (χ4n) is 2.17. The van der Waals surface area contributed by atoms with E-state index in [1.165, 1.54) is 24.8 Å². The van der Waals surface area contributed by atoms with Gasteiger partial charge in [-0.2, -0.15) is 0 Å². The highest BCUT2D eigenvalue weighted by atomic mass is 15.3. The van der Waals surface area contributed by atoms with Crippen molar-refractivity contribution in [2.75, 3.05) is 18.0 Å². The van der Waals surface area contributed by atoms with Crippen LogP contribution in [0.25, 0.3) is 0 Å². The molecule has 0 aliphatic carbocycles. The lowest BCUT2D eigenvalue weighted by Gasteiger charge is -2.27. The van der Waals surface area contributed by atoms with Gasteiger partial charge in [0.25, 0.3) is 0 Å². The third kappa shape index (κ3) is 5.08. The van der Waals surface area contributed by atoms with Gasteiger partial charge in [-0.05, 0) is 33.7 Å². The molecule has 0 radical (unpaired) electrons. The Morgan fingerprint density at radius 2 is 2.00 bits per heavy atom. The fourth-order valence-corrected chi connectivity index (χ4v) is 2.17. The molecule has 4 heteroatoms. The first-order valence-electron chi connectivity index (χ1n) is 7.90. The van der Waals surface area contributed by atoms with Gasteiger partial charge in [0.15, 0.2) is 0 Å². The maximum absolute atomic E-state index is 4.70. The Morgan fingerprint density at radius 3 is 2.55 bits per heavy atom. The van der Waals surface area contributed by atoms with Crippen LogP contribution < -0.4 is 10.2 Å². The second-order valence-corrected chi connectivity index (χ2v) is 5.56. The van der Waals surface area contributed by atoms with Gasteiger partial charge in [0.1, 0.15) is 0 Å². The van der Waals surface area contributed by atoms with Gasteiger partial charge < -0.3 is 10.2 Å². The van der Waals surface area contributed by atoms with Crippen LogP contribution in [-0.4, -0.2) is 29.1 Å². The van der Waals surface area contributed by atoms with E-state index in [0.29, 0.717) is 6.04 Å². The lowest BCUT2D eigenvalue weighted by atomic mass is 10.2. The second kappa shape index (κ2) is 8.90. The zero-order valence-corrected chi connectivity index (χ0v) is 13.7. The summed E-state index contributed by atoms with van der Waals surface area (Å²) in [6, 6.07) is 0.436. The third-order valence-electron chi connectivity index (χ3n) is 3.52. The van der Waals surface area contributed by atoms with Crippen LogP contribution in [0.4, 0.5) is 5.95 Å². The molecule has 0 saturated carbocycles. The summed E-state index contributed by atoms with van der Waals surface area (Å²) >= 11 is 0. The van der Waals surface area contributed by atoms with Gasteiger partial charge in [-0.3, -0.25) is 0 Å². The van der Waals surface area contributed by atoms with Gasteiger partial charge in [0.2, 0.25) is 5.95 Å². The number of anilines is 1. The smallest absolute Gasteiger partial charge is 0.225 e. The van der Waals surface area contributed by atoms with Crippen LogP contribution in [0.1, 0.15) is 58.2 Å². The van der Waals surface area contributed by atoms with Crippen LogP contribution in [0.15, 0.2) is 6.20 Å². The van der Waals surface area contributed by atoms with E-state index in [9.17, 15) is 0 Å². The standard InChI is InChI=1S/C16H30N4/c1-6-8-9-10-20(13(3)4)16-18-12-15(11-17-7-2)14(5)19-16/h12-13,17H,6-11H2,1-5H3. The predicted octanol–water partition coefficient (Wildman–Crippen LogP) is 3.30. The van der Waals surface area contributed by atoms with Crippen molar-refractivity contribution in [1.82, 2.24) is 15.3 Å². The molecule has 1 aromatic heterocycles. The van der Waals surface area contributed by atoms with E-state index in [1.54, 1.807) is 0 Å². The first-order valence-corrected chi connectivity index (χ1v) is 7.90. The molecule has 0 fully saturated rings. The monoisotopic (exact) mass is 278 g/mol. The van der Waals surface area contributed by atoms with Crippen LogP contribution >= 0.6 is 0 Å². The number of unbranched alkanes of at least 4 members (excludes halogenated alkanes) is 2. The van der Waals surface area contributed by atoms with Crippen molar-refractivity contribution in [3.8, 4) is 0 Å². The summed E-state index contributed by atoms with van der Waals surface area (Å²) in [6.07, 6.45) is 5.68. The maximum atomic E-state index is 4.70. The Balaban J connectivity index is 2.78. The van der Waals surface area contributed by atoms with Crippen molar-refractivity contribution in [3.05, 3.63) is 17.5 Å². The molecule has 1 rings (SSSR count). The quantitative estimate of drug-likeness (QED) is 0.704. The average molecular weight is 278 g/mol. The summed E-state index contributed by atoms with van der Waals surface area (Å²) in [5.41, 5.74) is 2.27. The van der Waals surface area contributed by atoms with Crippen molar-refractivity contribution in [1.29, 1.82) is 0 Å². The third-order valence-corrected chi connectivity index (χ3v) is 3.52. The summed E-state index contributed by atoms with van der Waals surface area (Å²) < 4.78 is 0. The van der Waals surface area contributed by atoms with Gasteiger partial charge in [-0.1, -0.05) is 26.7 Å². The molecule has 0 amide bonds. The highest BCUT2D eigenvalue weighted by Gasteiger charge is 2.14. The fraction of sp³-hybridized carbons (Fsp3) is 0.750. The number of aryl methyl sites for hydroxylation is 1. The molecule has 1 aromatic rings. The highest BCUT2D eigenvalue weighted by Crippen LogP contribution is 2.15. The normalized spacial score (nSPS) is 11.1. The van der Waals surface area contributed by atoms with E-state index >= 15 is 0 Å². The van der Waals surface area contributed by atoms with Crippen molar-refractivity contribution < 1.29 is 0 Å². The Hall–Kier alpha value is -1.16. The Kier molecular flexibility index (Phi) is 7.52. The summed E-state index contributed by atoms with van der Waals surface area (Å²) in [5.74, 6) is 0.869. The minimum Gasteiger partial charge on any atom is -0.338 e. The molecule has 0 aromatic carbocycles. The first kappa shape index (κ1) is 16.9. The van der Waals surface area contributed by atoms with Crippen LogP contribution in [0, 0.1) is 6.92 Å². The van der Waals surface area contributed by atoms with Gasteiger partial charge in [0.05, 0.1) is 0 Å². The number of hydrogen-bond acceptors (Lipinski definition) is 4. The highest BCUT2D eigenvalue weighted by molar-refractivity contribution is 5.33. The molecule has 0 spiro atoms. The largest absolute Gasteiger partial charge is 0.338 e. The van der Waals surface area contributed by atoms with E-state index in [4.69, 9.17) is 4.98 Å². The van der Waals surface area contributed by atoms with Crippen LogP contribution in [-0.2, 0) is 6.54 Å². The molecular weight excluding hydrogens is 248 g/mol. The minimum absolute atomic E-state index is 0.436. The number of rotatable bonds is 9. The molecule has 0 aliphatic heterocycles. The van der Waals surface area contributed by atoms with E-state index in [2.05, 4.69) is 49.8 Å². The number of nitrogens with zero attached hydrogens (tertiary/aromatic N) is 3. The molecule has 0 aliphatic rings. The van der Waals surface area contributed by atoms with Crippen molar-refractivity contribution >= 4 is 5.95 Å². The maximum Gasteiger partial charge on any atom is 0.225 e.